The van der Waals surface area contributed by atoms with Crippen LogP contribution in [0.2, 0.25) is 0 Å². The number of aliphatic hydroxyl groups is 1. The Kier molecular flexibility index (Phi) is 4.00. The number of piperidine rings is 1. The second-order valence-corrected chi connectivity index (χ2v) is 9.03. The molecule has 5 heteroatoms. The molecule has 2 aromatic rings. The normalized spacial score (nSPS) is 39.5. The molecule has 2 aliphatic carbocycles. The molecule has 2 bridgehead atoms. The lowest BCUT2D eigenvalue weighted by atomic mass is 9.49. The summed E-state index contributed by atoms with van der Waals surface area (Å²) in [5, 5.41) is 22.0. The number of nitrogens with one attached hydrogen (secondary N) is 1. The standard InChI is InChI=1S/C23H25NO3.ClH/c1-24-10-9-23-16-12-15(13-5-3-2-4-6-13)20(26)22(23)27-21-18(25)8-7-14(19(21)23)11-17(16)24;/h2-8,15-17,20,22,25-26H,9-12H2,1H3;1H/t15-,16?,17-,20+,22+,23+;/m1./s1. The molecule has 2 heterocycles. The van der Waals surface area contributed by atoms with Crippen molar-refractivity contribution in [1.29, 1.82) is 0 Å². The molecule has 2 unspecified atom stereocenters. The van der Waals surface area contributed by atoms with E-state index in [1.807, 2.05) is 6.07 Å². The number of hydrogen-bond acceptors (Lipinski definition) is 3. The van der Waals surface area contributed by atoms with Crippen LogP contribution in [0.1, 0.15) is 35.4 Å². The highest BCUT2D eigenvalue weighted by atomic mass is 35.5. The molecule has 1 saturated heterocycles. The zero-order valence-corrected chi connectivity index (χ0v) is 16.7. The minimum Gasteiger partial charge on any atom is -1.00 e. The number of likely N-dealkylation sites (N-methyl/N-ethyl adjacent to an activating group) is 1. The van der Waals surface area contributed by atoms with Crippen LogP contribution in [0.15, 0.2) is 42.5 Å². The molecular weight excluding hydrogens is 374 g/mol. The van der Waals surface area contributed by atoms with Crippen molar-refractivity contribution in [2.24, 2.45) is 5.92 Å². The first-order valence-electron chi connectivity index (χ1n) is 10.2. The van der Waals surface area contributed by atoms with Gasteiger partial charge in [-0.25, -0.2) is 0 Å². The van der Waals surface area contributed by atoms with Gasteiger partial charge in [-0.3, -0.25) is 0 Å². The molecule has 1 saturated carbocycles. The maximum absolute atomic E-state index is 11.4. The van der Waals surface area contributed by atoms with E-state index in [0.717, 1.165) is 25.8 Å². The lowest BCUT2D eigenvalue weighted by Gasteiger charge is -2.58. The molecule has 4 nitrogen and oxygen atoms in total. The Bertz CT molecular complexity index is 920. The Morgan fingerprint density at radius 3 is 2.71 bits per heavy atom. The van der Waals surface area contributed by atoms with Gasteiger partial charge in [-0.15, -0.1) is 0 Å². The van der Waals surface area contributed by atoms with E-state index in [-0.39, 0.29) is 35.6 Å². The maximum Gasteiger partial charge on any atom is 0.165 e. The quantitative estimate of drug-likeness (QED) is 0.541. The molecule has 2 aromatic carbocycles. The average molecular weight is 400 g/mol. The molecule has 28 heavy (non-hydrogen) atoms. The molecule has 6 rings (SSSR count). The van der Waals surface area contributed by atoms with E-state index in [2.05, 4.69) is 37.4 Å². The van der Waals surface area contributed by atoms with Crippen LogP contribution in [-0.2, 0) is 11.8 Å². The molecule has 4 aliphatic rings. The average Bonchev–Trinajstić information content (AvgIpc) is 3.04. The van der Waals surface area contributed by atoms with Crippen LogP contribution in [-0.4, -0.2) is 42.1 Å². The molecule has 0 radical (unpaired) electrons. The number of ether oxygens (including phenoxy) is 1. The summed E-state index contributed by atoms with van der Waals surface area (Å²) in [5.74, 6) is 1.43. The smallest absolute Gasteiger partial charge is 0.165 e. The van der Waals surface area contributed by atoms with Gasteiger partial charge < -0.3 is 32.3 Å². The van der Waals surface area contributed by atoms with E-state index in [1.54, 1.807) is 11.0 Å². The van der Waals surface area contributed by atoms with Gasteiger partial charge >= 0.3 is 0 Å². The van der Waals surface area contributed by atoms with Crippen molar-refractivity contribution in [3.05, 3.63) is 59.2 Å². The zero-order valence-electron chi connectivity index (χ0n) is 15.9. The van der Waals surface area contributed by atoms with Gasteiger partial charge in [-0.05, 0) is 23.6 Å². The first-order valence-corrected chi connectivity index (χ1v) is 10.2. The van der Waals surface area contributed by atoms with Gasteiger partial charge in [0.15, 0.2) is 11.5 Å². The Balaban J connectivity index is 0.00000171. The number of benzene rings is 2. The van der Waals surface area contributed by atoms with Crippen molar-refractivity contribution in [3.63, 3.8) is 0 Å². The zero-order chi connectivity index (χ0) is 18.3. The molecular formula is C23H26ClNO3. The van der Waals surface area contributed by atoms with Crippen LogP contribution in [0.5, 0.6) is 11.5 Å². The monoisotopic (exact) mass is 399 g/mol. The molecule has 0 amide bonds. The summed E-state index contributed by atoms with van der Waals surface area (Å²) in [5.41, 5.74) is 3.59. The summed E-state index contributed by atoms with van der Waals surface area (Å²) < 4.78 is 6.40. The molecule has 7 atom stereocenters. The van der Waals surface area contributed by atoms with Crippen LogP contribution in [0.4, 0.5) is 0 Å². The number of rotatable bonds is 1. The largest absolute Gasteiger partial charge is 1.00 e. The molecule has 3 N–H and O–H groups in total. The first kappa shape index (κ1) is 18.3. The van der Waals surface area contributed by atoms with Crippen LogP contribution >= 0.6 is 0 Å². The van der Waals surface area contributed by atoms with E-state index in [9.17, 15) is 10.2 Å². The van der Waals surface area contributed by atoms with Crippen LogP contribution < -0.4 is 22.0 Å². The maximum atomic E-state index is 11.4. The topological polar surface area (TPSA) is 54.1 Å². The number of aromatic hydroxyl groups is 1. The number of phenolic OH excluding ortho intramolecular Hbond substituents is 1. The second kappa shape index (κ2) is 6.12. The predicted molar refractivity (Wildman–Crippen MR) is 101 cm³/mol. The van der Waals surface area contributed by atoms with Gasteiger partial charge in [0.2, 0.25) is 0 Å². The van der Waals surface area contributed by atoms with Crippen molar-refractivity contribution < 1.29 is 32.3 Å². The SMILES string of the molecule is C[NH+]1CC[C@]23c4c5ccc(O)c4O[C@H]2[C@@H](O)[C@@H](c2ccccc2)CC3[C@H]1C5.[Cl-]. The van der Waals surface area contributed by atoms with Crippen LogP contribution in [0.25, 0.3) is 0 Å². The predicted octanol–water partition coefficient (Wildman–Crippen LogP) is -1.60. The summed E-state index contributed by atoms with van der Waals surface area (Å²) in [7, 11) is 2.32. The van der Waals surface area contributed by atoms with Crippen molar-refractivity contribution in [1.82, 2.24) is 0 Å². The lowest BCUT2D eigenvalue weighted by Crippen LogP contribution is -3.16. The van der Waals surface area contributed by atoms with Gasteiger partial charge in [-0.1, -0.05) is 36.4 Å². The summed E-state index contributed by atoms with van der Waals surface area (Å²) in [6.45, 7) is 1.10. The Morgan fingerprint density at radius 1 is 1.14 bits per heavy atom. The molecule has 2 fully saturated rings. The number of hydrogen-bond donors (Lipinski definition) is 3. The highest BCUT2D eigenvalue weighted by Crippen LogP contribution is 2.63. The number of phenols is 1. The van der Waals surface area contributed by atoms with Crippen LogP contribution in [0.3, 0.4) is 0 Å². The Labute approximate surface area is 171 Å². The number of aliphatic hydroxyl groups excluding tert-OH is 1. The fourth-order valence-corrected chi connectivity index (χ4v) is 6.89. The third-order valence-corrected chi connectivity index (χ3v) is 8.05. The summed E-state index contributed by atoms with van der Waals surface area (Å²) in [4.78, 5) is 1.60. The minimum absolute atomic E-state index is 0. The van der Waals surface area contributed by atoms with Gasteiger partial charge in [0.1, 0.15) is 6.10 Å². The van der Waals surface area contributed by atoms with E-state index in [0.29, 0.717) is 17.7 Å². The van der Waals surface area contributed by atoms with Gasteiger partial charge in [0, 0.05) is 30.2 Å². The van der Waals surface area contributed by atoms with E-state index in [1.165, 1.54) is 16.7 Å². The number of likely N-dealkylation sites (tertiary alicyclic amines) is 1. The van der Waals surface area contributed by atoms with E-state index >= 15 is 0 Å². The highest BCUT2D eigenvalue weighted by Gasteiger charge is 2.68. The highest BCUT2D eigenvalue weighted by molar-refractivity contribution is 5.60. The Morgan fingerprint density at radius 2 is 1.93 bits per heavy atom. The minimum atomic E-state index is -0.555. The second-order valence-electron chi connectivity index (χ2n) is 9.03. The van der Waals surface area contributed by atoms with Crippen LogP contribution in [0, 0.1) is 5.92 Å². The van der Waals surface area contributed by atoms with Gasteiger partial charge in [0.25, 0.3) is 0 Å². The lowest BCUT2D eigenvalue weighted by molar-refractivity contribution is -0.919. The third kappa shape index (κ3) is 2.09. The third-order valence-electron chi connectivity index (χ3n) is 8.05. The van der Waals surface area contributed by atoms with Gasteiger partial charge in [-0.2, -0.15) is 0 Å². The molecule has 0 aromatic heterocycles. The molecule has 148 valence electrons. The summed E-state index contributed by atoms with van der Waals surface area (Å²) in [6.07, 6.45) is 2.22. The van der Waals surface area contributed by atoms with Crippen molar-refractivity contribution in [2.75, 3.05) is 13.6 Å². The van der Waals surface area contributed by atoms with E-state index < -0.39 is 6.10 Å². The fraction of sp³-hybridized carbons (Fsp3) is 0.478. The van der Waals surface area contributed by atoms with Crippen molar-refractivity contribution >= 4 is 0 Å². The van der Waals surface area contributed by atoms with E-state index in [4.69, 9.17) is 4.74 Å². The molecule has 2 aliphatic heterocycles. The molecule has 1 spiro atoms. The Hall–Kier alpha value is -1.75. The number of halogens is 1. The van der Waals surface area contributed by atoms with Crippen molar-refractivity contribution in [2.45, 2.75) is 48.8 Å². The summed E-state index contributed by atoms with van der Waals surface area (Å²) in [6, 6.07) is 14.8. The first-order chi connectivity index (χ1) is 13.1. The fourth-order valence-electron chi connectivity index (χ4n) is 6.89. The van der Waals surface area contributed by atoms with Crippen molar-refractivity contribution in [3.8, 4) is 11.5 Å². The number of quaternary nitrogens is 1. The van der Waals surface area contributed by atoms with Gasteiger partial charge in [0.05, 0.1) is 31.2 Å². The summed E-state index contributed by atoms with van der Waals surface area (Å²) >= 11 is 0.